The van der Waals surface area contributed by atoms with Crippen molar-refractivity contribution in [3.63, 3.8) is 0 Å². The Morgan fingerprint density at radius 2 is 1.58 bits per heavy atom. The van der Waals surface area contributed by atoms with Crippen LogP contribution in [-0.2, 0) is 14.3 Å². The third kappa shape index (κ3) is 4.07. The highest BCUT2D eigenvalue weighted by atomic mass is 19.4. The van der Waals surface area contributed by atoms with Gasteiger partial charge in [0.2, 0.25) is 5.91 Å². The van der Waals surface area contributed by atoms with Crippen molar-refractivity contribution in [2.45, 2.75) is 81.8 Å². The summed E-state index contributed by atoms with van der Waals surface area (Å²) in [5.74, 6) is -1.64. The largest absolute Gasteiger partial charge is 0.444 e. The molecule has 0 spiro atoms. The average molecular weight is 378 g/mol. The Morgan fingerprint density at radius 1 is 1.04 bits per heavy atom. The van der Waals surface area contributed by atoms with Crippen LogP contribution in [0.3, 0.4) is 0 Å². The standard InChI is InChI=1S/C17H25F3N2O4/c1-14(2,3)26-13(24)22-16-7-15(8-16,9-16)21-12(23)6-25-11-4-10(5-11)17(18,19)20/h10-11H,4-9H2,1-3H3,(H,21,23)(H,22,24). The molecule has 4 fully saturated rings. The summed E-state index contributed by atoms with van der Waals surface area (Å²) in [4.78, 5) is 23.8. The monoisotopic (exact) mass is 378 g/mol. The van der Waals surface area contributed by atoms with Crippen molar-refractivity contribution in [3.05, 3.63) is 0 Å². The molecule has 0 aromatic rings. The molecule has 4 aliphatic rings. The van der Waals surface area contributed by atoms with E-state index in [9.17, 15) is 22.8 Å². The van der Waals surface area contributed by atoms with E-state index < -0.39 is 29.9 Å². The highest BCUT2D eigenvalue weighted by Gasteiger charge is 2.69. The first kappa shape index (κ1) is 19.3. The number of carbonyl (C=O) groups excluding carboxylic acids is 2. The molecule has 4 rings (SSSR count). The van der Waals surface area contributed by atoms with Crippen molar-refractivity contribution in [1.29, 1.82) is 0 Å². The molecule has 0 aliphatic heterocycles. The van der Waals surface area contributed by atoms with E-state index in [1.165, 1.54) is 0 Å². The molecule has 148 valence electrons. The second kappa shape index (κ2) is 6.00. The maximum Gasteiger partial charge on any atom is 0.408 e. The van der Waals surface area contributed by atoms with Crippen LogP contribution in [0.5, 0.6) is 0 Å². The summed E-state index contributed by atoms with van der Waals surface area (Å²) in [6, 6.07) is 0. The molecule has 0 saturated heterocycles. The molecule has 0 atom stereocenters. The van der Waals surface area contributed by atoms with Crippen molar-refractivity contribution in [3.8, 4) is 0 Å². The Morgan fingerprint density at radius 3 is 2.08 bits per heavy atom. The van der Waals surface area contributed by atoms with E-state index in [0.29, 0.717) is 19.3 Å². The lowest BCUT2D eigenvalue weighted by Gasteiger charge is -2.70. The molecule has 4 aliphatic carbocycles. The van der Waals surface area contributed by atoms with E-state index >= 15 is 0 Å². The Kier molecular flexibility index (Phi) is 4.45. The molecule has 4 saturated carbocycles. The minimum absolute atomic E-state index is 0.0785. The number of rotatable bonds is 5. The van der Waals surface area contributed by atoms with Crippen LogP contribution in [0.2, 0.25) is 0 Å². The van der Waals surface area contributed by atoms with Gasteiger partial charge in [0.05, 0.1) is 17.6 Å². The smallest absolute Gasteiger partial charge is 0.408 e. The van der Waals surface area contributed by atoms with Crippen LogP contribution in [0.1, 0.15) is 52.9 Å². The van der Waals surface area contributed by atoms with E-state index in [-0.39, 0.29) is 36.4 Å². The minimum atomic E-state index is -4.18. The number of amides is 2. The van der Waals surface area contributed by atoms with Gasteiger partial charge in [-0.25, -0.2) is 4.79 Å². The third-order valence-electron chi connectivity index (χ3n) is 5.21. The predicted octanol–water partition coefficient (Wildman–Crippen LogP) is 2.66. The van der Waals surface area contributed by atoms with Crippen LogP contribution in [0.25, 0.3) is 0 Å². The van der Waals surface area contributed by atoms with Gasteiger partial charge < -0.3 is 20.1 Å². The molecule has 0 radical (unpaired) electrons. The maximum atomic E-state index is 12.4. The third-order valence-corrected chi connectivity index (χ3v) is 5.21. The topological polar surface area (TPSA) is 76.7 Å². The van der Waals surface area contributed by atoms with Crippen LogP contribution in [0, 0.1) is 5.92 Å². The molecule has 2 amide bonds. The molecular weight excluding hydrogens is 353 g/mol. The number of alkyl carbamates (subject to hydrolysis) is 1. The second-order valence-corrected chi connectivity index (χ2v) is 8.91. The lowest BCUT2D eigenvalue weighted by molar-refractivity contribution is -0.220. The van der Waals surface area contributed by atoms with Crippen LogP contribution in [0.15, 0.2) is 0 Å². The van der Waals surface area contributed by atoms with Gasteiger partial charge in [-0.05, 0) is 52.9 Å². The summed E-state index contributed by atoms with van der Waals surface area (Å²) in [7, 11) is 0. The zero-order valence-electron chi connectivity index (χ0n) is 15.2. The molecule has 2 N–H and O–H groups in total. The summed E-state index contributed by atoms with van der Waals surface area (Å²) in [6.45, 7) is 5.13. The summed E-state index contributed by atoms with van der Waals surface area (Å²) < 4.78 is 47.7. The first-order valence-corrected chi connectivity index (χ1v) is 8.80. The molecule has 6 nitrogen and oxygen atoms in total. The Bertz CT molecular complexity index is 574. The Labute approximate surface area is 150 Å². The quantitative estimate of drug-likeness (QED) is 0.771. The van der Waals surface area contributed by atoms with Gasteiger partial charge in [-0.3, -0.25) is 4.79 Å². The molecule has 2 bridgehead atoms. The molecule has 26 heavy (non-hydrogen) atoms. The number of carbonyl (C=O) groups is 2. The minimum Gasteiger partial charge on any atom is -0.444 e. The maximum absolute atomic E-state index is 12.4. The summed E-state index contributed by atoms with van der Waals surface area (Å²) >= 11 is 0. The number of alkyl halides is 3. The van der Waals surface area contributed by atoms with E-state index in [0.717, 1.165) is 0 Å². The van der Waals surface area contributed by atoms with Gasteiger partial charge in [0.1, 0.15) is 12.2 Å². The van der Waals surface area contributed by atoms with E-state index in [1.807, 2.05) is 0 Å². The lowest BCUT2D eigenvalue weighted by atomic mass is 9.44. The molecular formula is C17H25F3N2O4. The number of nitrogens with one attached hydrogen (secondary N) is 2. The molecule has 0 unspecified atom stereocenters. The highest BCUT2D eigenvalue weighted by molar-refractivity contribution is 5.79. The molecule has 0 aromatic heterocycles. The summed E-state index contributed by atoms with van der Waals surface area (Å²) in [5.41, 5.74) is -1.21. The average Bonchev–Trinajstić information content (AvgIpc) is 2.28. The molecule has 0 aromatic carbocycles. The summed E-state index contributed by atoms with van der Waals surface area (Å²) in [5, 5.41) is 5.72. The highest BCUT2D eigenvalue weighted by Crippen LogP contribution is 2.60. The van der Waals surface area contributed by atoms with Crippen molar-refractivity contribution in [2.24, 2.45) is 5.92 Å². The molecule has 0 heterocycles. The van der Waals surface area contributed by atoms with Gasteiger partial charge in [0.25, 0.3) is 0 Å². The van der Waals surface area contributed by atoms with Gasteiger partial charge in [-0.2, -0.15) is 13.2 Å². The first-order chi connectivity index (χ1) is 11.8. The fourth-order valence-corrected chi connectivity index (χ4v) is 4.07. The fraction of sp³-hybridized carbons (Fsp3) is 0.882. The van der Waals surface area contributed by atoms with Gasteiger partial charge in [-0.15, -0.1) is 0 Å². The predicted molar refractivity (Wildman–Crippen MR) is 85.3 cm³/mol. The zero-order valence-corrected chi connectivity index (χ0v) is 15.2. The van der Waals surface area contributed by atoms with E-state index in [4.69, 9.17) is 9.47 Å². The fourth-order valence-electron chi connectivity index (χ4n) is 4.07. The number of ether oxygens (including phenoxy) is 2. The molecule has 9 heteroatoms. The Hall–Kier alpha value is -1.51. The van der Waals surface area contributed by atoms with Crippen molar-refractivity contribution in [2.75, 3.05) is 6.61 Å². The number of hydrogen-bond acceptors (Lipinski definition) is 4. The van der Waals surface area contributed by atoms with Gasteiger partial charge in [0, 0.05) is 5.54 Å². The van der Waals surface area contributed by atoms with Crippen LogP contribution >= 0.6 is 0 Å². The Balaban J connectivity index is 1.32. The van der Waals surface area contributed by atoms with Crippen LogP contribution < -0.4 is 10.6 Å². The van der Waals surface area contributed by atoms with E-state index in [2.05, 4.69) is 10.6 Å². The summed E-state index contributed by atoms with van der Waals surface area (Å²) in [6.07, 6.45) is -3.41. The van der Waals surface area contributed by atoms with Crippen molar-refractivity contribution < 1.29 is 32.2 Å². The number of halogens is 3. The SMILES string of the molecule is CC(C)(C)OC(=O)NC12CC(NC(=O)COC3CC(C(F)(F)F)C3)(C1)C2. The van der Waals surface area contributed by atoms with E-state index in [1.54, 1.807) is 20.8 Å². The van der Waals surface area contributed by atoms with Crippen molar-refractivity contribution in [1.82, 2.24) is 10.6 Å². The zero-order chi connectivity index (χ0) is 19.4. The second-order valence-electron chi connectivity index (χ2n) is 8.91. The van der Waals surface area contributed by atoms with Gasteiger partial charge in [0.15, 0.2) is 0 Å². The van der Waals surface area contributed by atoms with Crippen LogP contribution in [0.4, 0.5) is 18.0 Å². The normalized spacial score (nSPS) is 35.5. The number of hydrogen-bond donors (Lipinski definition) is 2. The van der Waals surface area contributed by atoms with Crippen LogP contribution in [-0.4, -0.2) is 47.6 Å². The van der Waals surface area contributed by atoms with Gasteiger partial charge in [-0.1, -0.05) is 0 Å². The van der Waals surface area contributed by atoms with Gasteiger partial charge >= 0.3 is 12.3 Å². The van der Waals surface area contributed by atoms with Crippen molar-refractivity contribution >= 4 is 12.0 Å². The first-order valence-electron chi connectivity index (χ1n) is 8.80. The lowest BCUT2D eigenvalue weighted by Crippen LogP contribution is -2.84.